The lowest BCUT2D eigenvalue weighted by Crippen LogP contribution is -2.17. The molecule has 0 saturated carbocycles. The molecule has 0 spiro atoms. The number of nitrogens with one attached hydrogen (secondary N) is 1. The third-order valence-corrected chi connectivity index (χ3v) is 3.79. The van der Waals surface area contributed by atoms with Gasteiger partial charge in [0.15, 0.2) is 0 Å². The van der Waals surface area contributed by atoms with Gasteiger partial charge in [0.25, 0.3) is 6.02 Å². The lowest BCUT2D eigenvalue weighted by atomic mass is 10.1. The Morgan fingerprint density at radius 1 is 1.16 bits per heavy atom. The van der Waals surface area contributed by atoms with Gasteiger partial charge in [0, 0.05) is 41.7 Å². The Morgan fingerprint density at radius 3 is 2.72 bits per heavy atom. The van der Waals surface area contributed by atoms with Crippen LogP contribution in [0.25, 0.3) is 10.9 Å². The van der Waals surface area contributed by atoms with Gasteiger partial charge in [-0.3, -0.25) is 0 Å². The summed E-state index contributed by atoms with van der Waals surface area (Å²) in [7, 11) is 1.54. The molecule has 4 nitrogen and oxygen atoms in total. The normalized spacial score (nSPS) is 11.2. The molecular formula is C20H18FN3O. The molecule has 0 atom stereocenters. The zero-order valence-electron chi connectivity index (χ0n) is 13.8. The fourth-order valence-electron chi connectivity index (χ4n) is 2.45. The van der Waals surface area contributed by atoms with Crippen molar-refractivity contribution in [2.75, 3.05) is 13.7 Å². The van der Waals surface area contributed by atoms with Crippen LogP contribution in [0.5, 0.6) is 0 Å². The average Bonchev–Trinajstić information content (AvgIpc) is 3.09. The second kappa shape index (κ2) is 7.54. The van der Waals surface area contributed by atoms with E-state index in [0.29, 0.717) is 12.0 Å². The number of aromatic amines is 1. The van der Waals surface area contributed by atoms with Gasteiger partial charge in [-0.25, -0.2) is 9.38 Å². The molecule has 0 aliphatic carbocycles. The Bertz CT molecular complexity index is 979. The first kappa shape index (κ1) is 16.6. The van der Waals surface area contributed by atoms with E-state index in [9.17, 15) is 4.39 Å². The summed E-state index contributed by atoms with van der Waals surface area (Å²) < 4.78 is 19.1. The van der Waals surface area contributed by atoms with Gasteiger partial charge in [-0.05, 0) is 48.0 Å². The molecule has 0 bridgehead atoms. The fourth-order valence-corrected chi connectivity index (χ4v) is 2.45. The van der Waals surface area contributed by atoms with Gasteiger partial charge in [0.1, 0.15) is 5.82 Å². The summed E-state index contributed by atoms with van der Waals surface area (Å²) >= 11 is 0. The molecule has 25 heavy (non-hydrogen) atoms. The molecule has 0 saturated heterocycles. The van der Waals surface area contributed by atoms with Gasteiger partial charge in [-0.1, -0.05) is 11.8 Å². The molecule has 2 aromatic carbocycles. The van der Waals surface area contributed by atoms with Crippen molar-refractivity contribution in [1.82, 2.24) is 4.98 Å². The Balaban J connectivity index is 1.75. The van der Waals surface area contributed by atoms with Crippen molar-refractivity contribution in [3.63, 3.8) is 0 Å². The van der Waals surface area contributed by atoms with E-state index in [2.05, 4.69) is 21.8 Å². The van der Waals surface area contributed by atoms with Crippen LogP contribution >= 0.6 is 0 Å². The lowest BCUT2D eigenvalue weighted by molar-refractivity contribution is 0.301. The number of hydrogen-bond donors (Lipinski definition) is 2. The van der Waals surface area contributed by atoms with Crippen molar-refractivity contribution < 1.29 is 9.13 Å². The summed E-state index contributed by atoms with van der Waals surface area (Å²) in [5.41, 5.74) is 8.73. The Labute approximate surface area is 145 Å². The number of ether oxygens (including phenoxy) is 1. The van der Waals surface area contributed by atoms with Gasteiger partial charge in [0.05, 0.1) is 6.61 Å². The number of fused-ring (bicyclic) bond motifs is 1. The molecule has 3 N–H and O–H groups in total. The highest BCUT2D eigenvalue weighted by Crippen LogP contribution is 2.14. The highest BCUT2D eigenvalue weighted by Gasteiger charge is 2.04. The van der Waals surface area contributed by atoms with Gasteiger partial charge in [-0.15, -0.1) is 0 Å². The molecule has 5 heteroatoms. The number of aliphatic imine (C=N–C) groups is 1. The molecule has 126 valence electrons. The summed E-state index contributed by atoms with van der Waals surface area (Å²) in [5.74, 6) is 5.91. The standard InChI is InChI=1S/C20H18FN3O/c1-23-20(22)25-11-9-16-12-14(4-6-18(16)21)2-3-15-5-7-19-17(13-15)8-10-24-19/h4-8,10,12-13,24H,9,11H2,1H3,(H2,22,23). The zero-order valence-corrected chi connectivity index (χ0v) is 13.8. The third-order valence-electron chi connectivity index (χ3n) is 3.79. The maximum atomic E-state index is 13.9. The third kappa shape index (κ3) is 4.18. The van der Waals surface area contributed by atoms with Crippen molar-refractivity contribution in [3.05, 3.63) is 71.2 Å². The monoisotopic (exact) mass is 335 g/mol. The lowest BCUT2D eigenvalue weighted by Gasteiger charge is -2.06. The SMILES string of the molecule is CN=C(N)OCCc1cc(C#Cc2ccc3[nH]ccc3c2)ccc1F. The summed E-state index contributed by atoms with van der Waals surface area (Å²) in [6, 6.07) is 12.9. The van der Waals surface area contributed by atoms with Gasteiger partial charge < -0.3 is 15.5 Å². The van der Waals surface area contributed by atoms with E-state index in [1.807, 2.05) is 30.5 Å². The van der Waals surface area contributed by atoms with Gasteiger partial charge >= 0.3 is 0 Å². The summed E-state index contributed by atoms with van der Waals surface area (Å²) in [6.45, 7) is 0.265. The van der Waals surface area contributed by atoms with Crippen molar-refractivity contribution >= 4 is 16.9 Å². The number of hydrogen-bond acceptors (Lipinski definition) is 2. The van der Waals surface area contributed by atoms with Crippen LogP contribution in [0.3, 0.4) is 0 Å². The number of benzene rings is 2. The minimum absolute atomic E-state index is 0.0940. The van der Waals surface area contributed by atoms with E-state index in [-0.39, 0.29) is 18.4 Å². The molecule has 3 aromatic rings. The number of amidine groups is 1. The smallest absolute Gasteiger partial charge is 0.281 e. The van der Waals surface area contributed by atoms with Crippen LogP contribution < -0.4 is 5.73 Å². The van der Waals surface area contributed by atoms with Gasteiger partial charge in [-0.2, -0.15) is 0 Å². The Morgan fingerprint density at radius 2 is 1.92 bits per heavy atom. The number of halogens is 1. The number of aromatic nitrogens is 1. The zero-order chi connectivity index (χ0) is 17.6. The summed E-state index contributed by atoms with van der Waals surface area (Å²) in [5, 5.41) is 1.11. The van der Waals surface area contributed by atoms with Crippen molar-refractivity contribution in [1.29, 1.82) is 0 Å². The minimum atomic E-state index is -0.282. The molecule has 1 aromatic heterocycles. The first-order chi connectivity index (χ1) is 12.2. The number of nitrogens with two attached hydrogens (primary N) is 1. The largest absolute Gasteiger partial charge is 0.465 e. The highest BCUT2D eigenvalue weighted by molar-refractivity contribution is 5.80. The molecule has 0 aliphatic rings. The molecule has 0 amide bonds. The number of H-pyrrole nitrogens is 1. The molecular weight excluding hydrogens is 317 g/mol. The highest BCUT2D eigenvalue weighted by atomic mass is 19.1. The second-order valence-electron chi connectivity index (χ2n) is 5.50. The molecule has 0 radical (unpaired) electrons. The van der Waals surface area contributed by atoms with E-state index in [0.717, 1.165) is 22.0 Å². The number of nitrogens with zero attached hydrogens (tertiary/aromatic N) is 1. The van der Waals surface area contributed by atoms with E-state index in [4.69, 9.17) is 10.5 Å². The van der Waals surface area contributed by atoms with Crippen LogP contribution in [0.4, 0.5) is 4.39 Å². The predicted octanol–water partition coefficient (Wildman–Crippen LogP) is 3.21. The number of rotatable bonds is 3. The van der Waals surface area contributed by atoms with Crippen molar-refractivity contribution in [3.8, 4) is 11.8 Å². The topological polar surface area (TPSA) is 63.4 Å². The fraction of sp³-hybridized carbons (Fsp3) is 0.150. The summed E-state index contributed by atoms with van der Waals surface area (Å²) in [6.07, 6.45) is 2.29. The first-order valence-corrected chi connectivity index (χ1v) is 7.88. The maximum Gasteiger partial charge on any atom is 0.281 e. The van der Waals surface area contributed by atoms with E-state index < -0.39 is 0 Å². The first-order valence-electron chi connectivity index (χ1n) is 7.88. The average molecular weight is 335 g/mol. The van der Waals surface area contributed by atoms with Gasteiger partial charge in [0.2, 0.25) is 0 Å². The van der Waals surface area contributed by atoms with Crippen molar-refractivity contribution in [2.24, 2.45) is 10.7 Å². The van der Waals surface area contributed by atoms with Crippen LogP contribution in [0, 0.1) is 17.7 Å². The van der Waals surface area contributed by atoms with Crippen LogP contribution in [-0.2, 0) is 11.2 Å². The summed E-state index contributed by atoms with van der Waals surface area (Å²) in [4.78, 5) is 6.84. The van der Waals surface area contributed by atoms with E-state index in [1.165, 1.54) is 13.1 Å². The molecule has 0 unspecified atom stereocenters. The predicted molar refractivity (Wildman–Crippen MR) is 97.9 cm³/mol. The Hall–Kier alpha value is -3.26. The van der Waals surface area contributed by atoms with Crippen LogP contribution in [0.15, 0.2) is 53.7 Å². The molecule has 0 fully saturated rings. The maximum absolute atomic E-state index is 13.9. The van der Waals surface area contributed by atoms with Crippen molar-refractivity contribution in [2.45, 2.75) is 6.42 Å². The molecule has 1 heterocycles. The quantitative estimate of drug-likeness (QED) is 0.438. The Kier molecular flexibility index (Phi) is 5.00. The molecule has 0 aliphatic heterocycles. The second-order valence-corrected chi connectivity index (χ2v) is 5.50. The van der Waals surface area contributed by atoms with E-state index >= 15 is 0 Å². The van der Waals surface area contributed by atoms with Crippen LogP contribution in [0.2, 0.25) is 0 Å². The molecule has 3 rings (SSSR count). The van der Waals surface area contributed by atoms with Crippen LogP contribution in [0.1, 0.15) is 16.7 Å². The van der Waals surface area contributed by atoms with E-state index in [1.54, 1.807) is 12.1 Å². The van der Waals surface area contributed by atoms with Crippen LogP contribution in [-0.4, -0.2) is 24.7 Å². The minimum Gasteiger partial charge on any atom is -0.465 e.